The summed E-state index contributed by atoms with van der Waals surface area (Å²) in [4.78, 5) is 12.5. The molecule has 0 spiro atoms. The number of ether oxygens (including phenoxy) is 1. The maximum Gasteiger partial charge on any atom is 0.146 e. The molecule has 0 N–H and O–H groups in total. The van der Waals surface area contributed by atoms with Crippen molar-refractivity contribution in [2.45, 2.75) is 0 Å². The van der Waals surface area contributed by atoms with Gasteiger partial charge in [0.05, 0.1) is 13.2 Å². The van der Waals surface area contributed by atoms with Gasteiger partial charge >= 0.3 is 0 Å². The Balaban J connectivity index is 1.65. The summed E-state index contributed by atoms with van der Waals surface area (Å²) in [6, 6.07) is 28.4. The fraction of sp³-hybridized carbons (Fsp3) is 0.154. The Morgan fingerprint density at radius 3 is 2.19 bits per heavy atom. The Hall–Kier alpha value is -2.99. The highest BCUT2D eigenvalue weighted by molar-refractivity contribution is 7.19. The van der Waals surface area contributed by atoms with E-state index in [1.165, 1.54) is 0 Å². The third-order valence-corrected chi connectivity index (χ3v) is 6.55. The van der Waals surface area contributed by atoms with Gasteiger partial charge in [-0.2, -0.15) is 0 Å². The Kier molecular flexibility index (Phi) is 6.30. The van der Waals surface area contributed by atoms with Crippen molar-refractivity contribution in [1.29, 1.82) is 0 Å². The lowest BCUT2D eigenvalue weighted by Crippen LogP contribution is -2.41. The zero-order valence-corrected chi connectivity index (χ0v) is 19.0. The predicted octanol–water partition coefficient (Wildman–Crippen LogP) is 6.54. The zero-order valence-electron chi connectivity index (χ0n) is 17.4. The molecule has 160 valence electrons. The number of nitrogens with zero attached hydrogens (tertiary/aromatic N) is 3. The van der Waals surface area contributed by atoms with Gasteiger partial charge in [-0.15, -0.1) is 0 Å². The average Bonchev–Trinajstić information content (AvgIpc) is 3.28. The summed E-state index contributed by atoms with van der Waals surface area (Å²) < 4.78 is 5.58. The molecule has 1 fully saturated rings. The normalized spacial score (nSPS) is 14.5. The molecule has 1 aliphatic rings. The molecule has 0 unspecified atom stereocenters. The molecule has 32 heavy (non-hydrogen) atoms. The van der Waals surface area contributed by atoms with Crippen LogP contribution in [0.1, 0.15) is 5.56 Å². The summed E-state index contributed by atoms with van der Waals surface area (Å²) in [5, 5.41) is 2.53. The third-order valence-electron chi connectivity index (χ3n) is 5.30. The first-order chi connectivity index (χ1) is 15.8. The van der Waals surface area contributed by atoms with Crippen molar-refractivity contribution in [2.75, 3.05) is 26.3 Å². The predicted molar refractivity (Wildman–Crippen MR) is 133 cm³/mol. The van der Waals surface area contributed by atoms with Gasteiger partial charge < -0.3 is 9.64 Å². The largest absolute Gasteiger partial charge is 0.378 e. The molecule has 6 heteroatoms. The lowest BCUT2D eigenvalue weighted by Gasteiger charge is -2.30. The number of hydrogen-bond acceptors (Lipinski definition) is 4. The number of rotatable bonds is 4. The van der Waals surface area contributed by atoms with Crippen molar-refractivity contribution in [3.63, 3.8) is 0 Å². The van der Waals surface area contributed by atoms with Crippen LogP contribution in [0.5, 0.6) is 0 Å². The molecule has 4 aromatic rings. The van der Waals surface area contributed by atoms with E-state index in [9.17, 15) is 0 Å². The molecular weight excluding hydrogens is 438 g/mol. The van der Waals surface area contributed by atoms with Gasteiger partial charge in [-0.25, -0.2) is 9.98 Å². The van der Waals surface area contributed by atoms with E-state index in [1.807, 2.05) is 48.5 Å². The molecule has 1 aromatic heterocycles. The van der Waals surface area contributed by atoms with E-state index in [-0.39, 0.29) is 0 Å². The number of amidine groups is 1. The summed E-state index contributed by atoms with van der Waals surface area (Å²) in [6.45, 7) is 3.04. The SMILES string of the molecule is Clc1ccc(-c2nc(-c3ccccc3)c(N=C(c3ccccc3)N3CCOCC3)s2)cc1. The molecule has 1 aliphatic heterocycles. The quantitative estimate of drug-likeness (QED) is 0.257. The van der Waals surface area contributed by atoms with Crippen molar-refractivity contribution in [3.8, 4) is 21.8 Å². The summed E-state index contributed by atoms with van der Waals surface area (Å²) >= 11 is 7.70. The molecule has 5 rings (SSSR count). The van der Waals surface area contributed by atoms with Crippen molar-refractivity contribution >= 4 is 33.8 Å². The minimum atomic E-state index is 0.704. The van der Waals surface area contributed by atoms with Gasteiger partial charge in [0.15, 0.2) is 0 Å². The lowest BCUT2D eigenvalue weighted by atomic mass is 10.1. The molecule has 0 aliphatic carbocycles. The van der Waals surface area contributed by atoms with Gasteiger partial charge in [0.1, 0.15) is 21.5 Å². The van der Waals surface area contributed by atoms with Gasteiger partial charge in [0.2, 0.25) is 0 Å². The van der Waals surface area contributed by atoms with E-state index in [4.69, 9.17) is 26.3 Å². The van der Waals surface area contributed by atoms with E-state index in [2.05, 4.69) is 41.3 Å². The molecule has 0 radical (unpaired) electrons. The maximum atomic E-state index is 6.10. The molecule has 4 nitrogen and oxygen atoms in total. The molecular formula is C26H22ClN3OS. The number of thiazole rings is 1. The van der Waals surface area contributed by atoms with E-state index in [1.54, 1.807) is 11.3 Å². The fourth-order valence-corrected chi connectivity index (χ4v) is 4.76. The Labute approximate surface area is 196 Å². The maximum absolute atomic E-state index is 6.10. The molecule has 0 saturated carbocycles. The summed E-state index contributed by atoms with van der Waals surface area (Å²) in [6.07, 6.45) is 0. The van der Waals surface area contributed by atoms with Crippen molar-refractivity contribution in [1.82, 2.24) is 9.88 Å². The number of halogens is 1. The third kappa shape index (κ3) is 4.60. The van der Waals surface area contributed by atoms with Crippen LogP contribution >= 0.6 is 22.9 Å². The second-order valence-electron chi connectivity index (χ2n) is 7.45. The molecule has 0 amide bonds. The Morgan fingerprint density at radius 1 is 0.844 bits per heavy atom. The monoisotopic (exact) mass is 459 g/mol. The van der Waals surface area contributed by atoms with E-state index < -0.39 is 0 Å². The number of hydrogen-bond donors (Lipinski definition) is 0. The summed E-state index contributed by atoms with van der Waals surface area (Å²) in [5.41, 5.74) is 4.07. The molecule has 2 heterocycles. The van der Waals surface area contributed by atoms with Crippen molar-refractivity contribution in [2.24, 2.45) is 4.99 Å². The fourth-order valence-electron chi connectivity index (χ4n) is 3.66. The minimum absolute atomic E-state index is 0.704. The van der Waals surface area contributed by atoms with Crippen LogP contribution in [-0.4, -0.2) is 42.0 Å². The van der Waals surface area contributed by atoms with E-state index in [0.29, 0.717) is 18.2 Å². The Morgan fingerprint density at radius 2 is 1.50 bits per heavy atom. The number of morpholine rings is 1. The second kappa shape index (κ2) is 9.65. The number of aliphatic imine (C=N–C) groups is 1. The van der Waals surface area contributed by atoms with E-state index in [0.717, 1.165) is 51.3 Å². The first kappa shape index (κ1) is 20.9. The van der Waals surface area contributed by atoms with Crippen LogP contribution in [0.15, 0.2) is 89.9 Å². The van der Waals surface area contributed by atoms with E-state index >= 15 is 0 Å². The van der Waals surface area contributed by atoms with Crippen LogP contribution in [0.3, 0.4) is 0 Å². The molecule has 0 atom stereocenters. The highest BCUT2D eigenvalue weighted by atomic mass is 35.5. The van der Waals surface area contributed by atoms with Crippen molar-refractivity contribution in [3.05, 3.63) is 95.5 Å². The summed E-state index contributed by atoms with van der Waals surface area (Å²) in [7, 11) is 0. The van der Waals surface area contributed by atoms with Gasteiger partial charge in [0.25, 0.3) is 0 Å². The van der Waals surface area contributed by atoms with Crippen LogP contribution in [0, 0.1) is 0 Å². The lowest BCUT2D eigenvalue weighted by molar-refractivity contribution is 0.0683. The van der Waals surface area contributed by atoms with Crippen molar-refractivity contribution < 1.29 is 4.74 Å². The van der Waals surface area contributed by atoms with Gasteiger partial charge in [-0.1, -0.05) is 95.7 Å². The van der Waals surface area contributed by atoms with Gasteiger partial charge in [-0.3, -0.25) is 0 Å². The minimum Gasteiger partial charge on any atom is -0.378 e. The van der Waals surface area contributed by atoms with Gasteiger partial charge in [0, 0.05) is 34.8 Å². The first-order valence-corrected chi connectivity index (χ1v) is 11.8. The van der Waals surface area contributed by atoms with Crippen LogP contribution in [-0.2, 0) is 4.74 Å². The average molecular weight is 460 g/mol. The summed E-state index contributed by atoms with van der Waals surface area (Å²) in [5.74, 6) is 0.956. The molecule has 3 aromatic carbocycles. The highest BCUT2D eigenvalue weighted by Gasteiger charge is 2.20. The standard InChI is InChI=1S/C26H22ClN3OS/c27-22-13-11-21(12-14-22)25-28-23(19-7-3-1-4-8-19)26(32-25)29-24(20-9-5-2-6-10-20)30-15-17-31-18-16-30/h1-14H,15-18H2. The molecule has 1 saturated heterocycles. The van der Waals surface area contributed by atoms with Crippen LogP contribution in [0.2, 0.25) is 5.02 Å². The molecule has 0 bridgehead atoms. The smallest absolute Gasteiger partial charge is 0.146 e. The number of aromatic nitrogens is 1. The van der Waals surface area contributed by atoms with Gasteiger partial charge in [-0.05, 0) is 12.1 Å². The Bertz CT molecular complexity index is 1200. The first-order valence-electron chi connectivity index (χ1n) is 10.6. The second-order valence-corrected chi connectivity index (χ2v) is 8.86. The zero-order chi connectivity index (χ0) is 21.8. The topological polar surface area (TPSA) is 37.7 Å². The van der Waals surface area contributed by atoms with Crippen LogP contribution in [0.25, 0.3) is 21.8 Å². The highest BCUT2D eigenvalue weighted by Crippen LogP contribution is 2.40. The number of benzene rings is 3. The van der Waals surface area contributed by atoms with Crippen LogP contribution < -0.4 is 0 Å². The van der Waals surface area contributed by atoms with Crippen LogP contribution in [0.4, 0.5) is 5.00 Å².